The van der Waals surface area contributed by atoms with Gasteiger partial charge in [-0.3, -0.25) is 4.68 Å². The van der Waals surface area contributed by atoms with Crippen molar-refractivity contribution in [1.82, 2.24) is 9.78 Å². The SMILES string of the molecule is Cc1cc(COc2ccccc2CC(C)N)n(C)n1. The van der Waals surface area contributed by atoms with Crippen LogP contribution in [0, 0.1) is 6.92 Å². The monoisotopic (exact) mass is 259 g/mol. The molecule has 0 aliphatic heterocycles. The Labute approximate surface area is 114 Å². The Morgan fingerprint density at radius 1 is 1.37 bits per heavy atom. The molecule has 4 nitrogen and oxygen atoms in total. The molecule has 0 fully saturated rings. The highest BCUT2D eigenvalue weighted by molar-refractivity contribution is 5.34. The highest BCUT2D eigenvalue weighted by atomic mass is 16.5. The van der Waals surface area contributed by atoms with Crippen LogP contribution in [0.3, 0.4) is 0 Å². The van der Waals surface area contributed by atoms with Crippen molar-refractivity contribution < 1.29 is 4.74 Å². The third kappa shape index (κ3) is 3.58. The van der Waals surface area contributed by atoms with Crippen LogP contribution in [0.15, 0.2) is 30.3 Å². The van der Waals surface area contributed by atoms with Crippen LogP contribution in [-0.4, -0.2) is 15.8 Å². The fourth-order valence-electron chi connectivity index (χ4n) is 2.11. The number of hydrogen-bond acceptors (Lipinski definition) is 3. The molecule has 0 saturated carbocycles. The summed E-state index contributed by atoms with van der Waals surface area (Å²) in [7, 11) is 1.93. The van der Waals surface area contributed by atoms with Crippen LogP contribution in [0.25, 0.3) is 0 Å². The summed E-state index contributed by atoms with van der Waals surface area (Å²) in [5, 5.41) is 4.31. The third-order valence-electron chi connectivity index (χ3n) is 2.99. The molecule has 1 atom stereocenters. The van der Waals surface area contributed by atoms with Gasteiger partial charge in [0.05, 0.1) is 11.4 Å². The van der Waals surface area contributed by atoms with Gasteiger partial charge in [0.15, 0.2) is 0 Å². The van der Waals surface area contributed by atoms with Crippen molar-refractivity contribution in [2.45, 2.75) is 32.9 Å². The number of nitrogens with zero attached hydrogens (tertiary/aromatic N) is 2. The summed E-state index contributed by atoms with van der Waals surface area (Å²) >= 11 is 0. The van der Waals surface area contributed by atoms with Crippen LogP contribution < -0.4 is 10.5 Å². The second-order valence-electron chi connectivity index (χ2n) is 4.98. The number of ether oxygens (including phenoxy) is 1. The van der Waals surface area contributed by atoms with Crippen molar-refractivity contribution in [2.75, 3.05) is 0 Å². The molecule has 19 heavy (non-hydrogen) atoms. The van der Waals surface area contributed by atoms with Gasteiger partial charge in [-0.15, -0.1) is 0 Å². The summed E-state index contributed by atoms with van der Waals surface area (Å²) in [6, 6.07) is 10.2. The smallest absolute Gasteiger partial charge is 0.130 e. The fourth-order valence-corrected chi connectivity index (χ4v) is 2.11. The van der Waals surface area contributed by atoms with Gasteiger partial charge in [-0.1, -0.05) is 18.2 Å². The van der Waals surface area contributed by atoms with Gasteiger partial charge in [0, 0.05) is 13.1 Å². The van der Waals surface area contributed by atoms with Gasteiger partial charge in [0.1, 0.15) is 12.4 Å². The van der Waals surface area contributed by atoms with E-state index in [2.05, 4.69) is 11.2 Å². The van der Waals surface area contributed by atoms with Crippen molar-refractivity contribution in [3.63, 3.8) is 0 Å². The lowest BCUT2D eigenvalue weighted by Crippen LogP contribution is -2.18. The number of hydrogen-bond donors (Lipinski definition) is 1. The summed E-state index contributed by atoms with van der Waals surface area (Å²) in [6.45, 7) is 4.50. The molecule has 0 aliphatic rings. The normalized spacial score (nSPS) is 12.4. The summed E-state index contributed by atoms with van der Waals surface area (Å²) in [6.07, 6.45) is 0.820. The van der Waals surface area contributed by atoms with E-state index in [0.29, 0.717) is 6.61 Å². The second-order valence-corrected chi connectivity index (χ2v) is 4.98. The lowest BCUT2D eigenvalue weighted by Gasteiger charge is -2.13. The van der Waals surface area contributed by atoms with E-state index >= 15 is 0 Å². The topological polar surface area (TPSA) is 53.1 Å². The van der Waals surface area contributed by atoms with Crippen LogP contribution >= 0.6 is 0 Å². The van der Waals surface area contributed by atoms with Crippen LogP contribution in [0.5, 0.6) is 5.75 Å². The van der Waals surface area contributed by atoms with E-state index < -0.39 is 0 Å². The van der Waals surface area contributed by atoms with Crippen molar-refractivity contribution in [3.8, 4) is 5.75 Å². The molecule has 0 saturated heterocycles. The Kier molecular flexibility index (Phi) is 4.22. The average Bonchev–Trinajstić information content (AvgIpc) is 2.66. The minimum absolute atomic E-state index is 0.128. The number of aromatic nitrogens is 2. The van der Waals surface area contributed by atoms with Gasteiger partial charge in [-0.05, 0) is 38.0 Å². The molecule has 102 valence electrons. The summed E-state index contributed by atoms with van der Waals surface area (Å²) in [4.78, 5) is 0. The first-order chi connectivity index (χ1) is 9.06. The summed E-state index contributed by atoms with van der Waals surface area (Å²) in [5.41, 5.74) is 9.08. The molecule has 1 aromatic carbocycles. The molecule has 4 heteroatoms. The maximum atomic E-state index is 5.90. The first-order valence-corrected chi connectivity index (χ1v) is 6.52. The number of benzene rings is 1. The van der Waals surface area contributed by atoms with Crippen LogP contribution in [0.1, 0.15) is 23.9 Å². The largest absolute Gasteiger partial charge is 0.487 e. The molecule has 0 bridgehead atoms. The Bertz CT molecular complexity index is 546. The van der Waals surface area contributed by atoms with Crippen molar-refractivity contribution in [1.29, 1.82) is 0 Å². The maximum absolute atomic E-state index is 5.90. The van der Waals surface area contributed by atoms with E-state index in [4.69, 9.17) is 10.5 Å². The lowest BCUT2D eigenvalue weighted by molar-refractivity contribution is 0.291. The van der Waals surface area contributed by atoms with Gasteiger partial charge < -0.3 is 10.5 Å². The Hall–Kier alpha value is -1.81. The van der Waals surface area contributed by atoms with Gasteiger partial charge in [-0.2, -0.15) is 5.10 Å². The van der Waals surface area contributed by atoms with E-state index in [1.54, 1.807) is 0 Å². The van der Waals surface area contributed by atoms with E-state index in [1.165, 1.54) is 0 Å². The van der Waals surface area contributed by atoms with Crippen LogP contribution in [-0.2, 0) is 20.1 Å². The number of nitrogens with two attached hydrogens (primary N) is 1. The van der Waals surface area contributed by atoms with Crippen LogP contribution in [0.4, 0.5) is 0 Å². The first kappa shape index (κ1) is 13.6. The second kappa shape index (κ2) is 5.89. The van der Waals surface area contributed by atoms with Gasteiger partial charge in [-0.25, -0.2) is 0 Å². The van der Waals surface area contributed by atoms with Crippen molar-refractivity contribution >= 4 is 0 Å². The highest BCUT2D eigenvalue weighted by Gasteiger charge is 2.07. The fraction of sp³-hybridized carbons (Fsp3) is 0.400. The molecule has 2 aromatic rings. The molecule has 0 spiro atoms. The quantitative estimate of drug-likeness (QED) is 0.895. The average molecular weight is 259 g/mol. The Balaban J connectivity index is 2.09. The minimum atomic E-state index is 0.128. The van der Waals surface area contributed by atoms with Gasteiger partial charge in [0.2, 0.25) is 0 Å². The Morgan fingerprint density at radius 3 is 2.74 bits per heavy atom. The molecule has 0 amide bonds. The molecule has 0 radical (unpaired) electrons. The third-order valence-corrected chi connectivity index (χ3v) is 2.99. The maximum Gasteiger partial charge on any atom is 0.130 e. The van der Waals surface area contributed by atoms with E-state index in [1.807, 2.05) is 49.8 Å². The van der Waals surface area contributed by atoms with Crippen molar-refractivity contribution in [2.24, 2.45) is 12.8 Å². The molecule has 2 N–H and O–H groups in total. The predicted octanol–water partition coefficient (Wildman–Crippen LogP) is 2.20. The highest BCUT2D eigenvalue weighted by Crippen LogP contribution is 2.20. The standard InChI is InChI=1S/C15H21N3O/c1-11(16)8-13-6-4-5-7-15(13)19-10-14-9-12(2)17-18(14)3/h4-7,9,11H,8,10,16H2,1-3H3. The van der Waals surface area contributed by atoms with E-state index in [9.17, 15) is 0 Å². The summed E-state index contributed by atoms with van der Waals surface area (Å²) in [5.74, 6) is 0.902. The zero-order valence-corrected chi connectivity index (χ0v) is 11.8. The number of para-hydroxylation sites is 1. The molecule has 1 unspecified atom stereocenters. The molecular weight excluding hydrogens is 238 g/mol. The molecule has 1 aromatic heterocycles. The zero-order chi connectivity index (χ0) is 13.8. The molecule has 1 heterocycles. The summed E-state index contributed by atoms with van der Waals surface area (Å²) < 4.78 is 7.75. The first-order valence-electron chi connectivity index (χ1n) is 6.52. The van der Waals surface area contributed by atoms with E-state index in [0.717, 1.165) is 29.1 Å². The van der Waals surface area contributed by atoms with Crippen molar-refractivity contribution in [3.05, 3.63) is 47.3 Å². The van der Waals surface area contributed by atoms with Gasteiger partial charge in [0.25, 0.3) is 0 Å². The zero-order valence-electron chi connectivity index (χ0n) is 11.8. The number of rotatable bonds is 5. The Morgan fingerprint density at radius 2 is 2.11 bits per heavy atom. The molecule has 2 rings (SSSR count). The number of aryl methyl sites for hydroxylation is 2. The lowest BCUT2D eigenvalue weighted by atomic mass is 10.1. The van der Waals surface area contributed by atoms with Gasteiger partial charge >= 0.3 is 0 Å². The van der Waals surface area contributed by atoms with E-state index in [-0.39, 0.29) is 6.04 Å². The predicted molar refractivity (Wildman–Crippen MR) is 76.1 cm³/mol. The minimum Gasteiger partial charge on any atom is -0.487 e. The van der Waals surface area contributed by atoms with Crippen LogP contribution in [0.2, 0.25) is 0 Å². The molecular formula is C15H21N3O. The molecule has 0 aliphatic carbocycles.